The molecule has 8 nitrogen and oxygen atoms in total. The second kappa shape index (κ2) is 8.55. The van der Waals surface area contributed by atoms with Gasteiger partial charge < -0.3 is 15.0 Å². The number of nitrogens with two attached hydrogens (primary N) is 1. The Hall–Kier alpha value is -2.52. The Morgan fingerprint density at radius 3 is 2.71 bits per heavy atom. The van der Waals surface area contributed by atoms with Gasteiger partial charge in [0.2, 0.25) is 0 Å². The highest BCUT2D eigenvalue weighted by atomic mass is 32.2. The van der Waals surface area contributed by atoms with Crippen LogP contribution in [0.4, 0.5) is 0 Å². The Morgan fingerprint density at radius 2 is 2.06 bits per heavy atom. The molecule has 0 radical (unpaired) electrons. The Balaban J connectivity index is 1.73. The van der Waals surface area contributed by atoms with Gasteiger partial charge in [0.05, 0.1) is 33.9 Å². The van der Waals surface area contributed by atoms with Gasteiger partial charge in [-0.25, -0.2) is 9.19 Å². The first-order valence-electron chi connectivity index (χ1n) is 10.7. The van der Waals surface area contributed by atoms with E-state index in [9.17, 15) is 9.00 Å². The van der Waals surface area contributed by atoms with E-state index in [0.717, 1.165) is 55.9 Å². The zero-order valence-electron chi connectivity index (χ0n) is 18.2. The molecule has 1 fully saturated rings. The second-order valence-electron chi connectivity index (χ2n) is 8.73. The first-order chi connectivity index (χ1) is 14.8. The van der Waals surface area contributed by atoms with Crippen LogP contribution in [-0.4, -0.2) is 42.1 Å². The van der Waals surface area contributed by atoms with E-state index in [1.807, 2.05) is 18.2 Å². The number of primary amides is 1. The molecule has 31 heavy (non-hydrogen) atoms. The number of nitrogens with zero attached hydrogens (tertiary/aromatic N) is 4. The van der Waals surface area contributed by atoms with Gasteiger partial charge >= 0.3 is 0 Å². The molecule has 1 saturated heterocycles. The average molecular weight is 444 g/mol. The minimum absolute atomic E-state index is 0.0815. The highest BCUT2D eigenvalue weighted by molar-refractivity contribution is 7.83. The summed E-state index contributed by atoms with van der Waals surface area (Å²) in [4.78, 5) is 16.9. The Morgan fingerprint density at radius 1 is 1.32 bits per heavy atom. The number of benzene rings is 1. The monoisotopic (exact) mass is 443 g/mol. The Kier molecular flexibility index (Phi) is 5.98. The summed E-state index contributed by atoms with van der Waals surface area (Å²) in [6.07, 6.45) is 5.79. The van der Waals surface area contributed by atoms with Crippen LogP contribution in [0.5, 0.6) is 0 Å². The molecule has 0 spiro atoms. The summed E-state index contributed by atoms with van der Waals surface area (Å²) < 4.78 is 22.1. The lowest BCUT2D eigenvalue weighted by molar-refractivity contribution is 0.0610. The van der Waals surface area contributed by atoms with E-state index in [2.05, 4.69) is 30.4 Å². The van der Waals surface area contributed by atoms with Crippen molar-refractivity contribution in [2.24, 2.45) is 11.7 Å². The predicted molar refractivity (Wildman–Crippen MR) is 119 cm³/mol. The largest absolute Gasteiger partial charge is 0.381 e. The third-order valence-electron chi connectivity index (χ3n) is 6.21. The van der Waals surface area contributed by atoms with Crippen LogP contribution in [0.2, 0.25) is 0 Å². The summed E-state index contributed by atoms with van der Waals surface area (Å²) in [5, 5.41) is 4.02. The smallest absolute Gasteiger partial charge is 0.251 e. The molecule has 1 amide bonds. The molecule has 2 aromatic heterocycles. The second-order valence-corrected chi connectivity index (χ2v) is 10.1. The number of rotatable bonds is 7. The highest BCUT2D eigenvalue weighted by Gasteiger charge is 2.28. The standard InChI is InChI=1S/C22H29N5O3S/c1-4-22(2,3)21-25-18-11-17(31(29)27-14-16(12-24-27)20(23)28)5-6-19(18)26(21)13-15-7-9-30-10-8-15/h5-6,11-12,14-15H,4,7-10,13H2,1-3H3,(H2,23,28). The zero-order chi connectivity index (χ0) is 22.2. The van der Waals surface area contributed by atoms with Crippen molar-refractivity contribution < 1.29 is 13.7 Å². The van der Waals surface area contributed by atoms with Crippen LogP contribution in [0, 0.1) is 5.92 Å². The van der Waals surface area contributed by atoms with Crippen LogP contribution in [0.25, 0.3) is 11.0 Å². The minimum atomic E-state index is -1.59. The van der Waals surface area contributed by atoms with E-state index in [-0.39, 0.29) is 11.0 Å². The maximum atomic E-state index is 13.0. The summed E-state index contributed by atoms with van der Waals surface area (Å²) in [6.45, 7) is 9.12. The molecule has 1 unspecified atom stereocenters. The molecule has 9 heteroatoms. The van der Waals surface area contributed by atoms with Crippen LogP contribution in [0.1, 0.15) is 56.2 Å². The third kappa shape index (κ3) is 4.29. The van der Waals surface area contributed by atoms with Crippen LogP contribution >= 0.6 is 0 Å². The first kappa shape index (κ1) is 21.7. The number of aromatic nitrogens is 4. The van der Waals surface area contributed by atoms with E-state index in [1.165, 1.54) is 16.5 Å². The van der Waals surface area contributed by atoms with Gasteiger partial charge in [-0.2, -0.15) is 9.19 Å². The quantitative estimate of drug-likeness (QED) is 0.604. The van der Waals surface area contributed by atoms with Crippen LogP contribution in [0.15, 0.2) is 35.5 Å². The van der Waals surface area contributed by atoms with E-state index >= 15 is 0 Å². The van der Waals surface area contributed by atoms with Crippen molar-refractivity contribution >= 4 is 27.9 Å². The SMILES string of the molecule is CCC(C)(C)c1nc2cc(S(=O)n3cc(C(N)=O)cn3)ccc2n1CC1CCOCC1. The van der Waals surface area contributed by atoms with Crippen molar-refractivity contribution in [1.29, 1.82) is 0 Å². The van der Waals surface area contributed by atoms with Crippen LogP contribution in [0.3, 0.4) is 0 Å². The minimum Gasteiger partial charge on any atom is -0.381 e. The number of hydrogen-bond acceptors (Lipinski definition) is 5. The fourth-order valence-corrected chi connectivity index (χ4v) is 4.85. The fraction of sp³-hybridized carbons (Fsp3) is 0.500. The molecule has 166 valence electrons. The van der Waals surface area contributed by atoms with Gasteiger partial charge in [-0.1, -0.05) is 20.8 Å². The molecule has 0 bridgehead atoms. The normalized spacial score (nSPS) is 16.6. The van der Waals surface area contributed by atoms with Gasteiger partial charge in [-0.15, -0.1) is 0 Å². The molecule has 0 saturated carbocycles. The molecule has 1 aliphatic heterocycles. The van der Waals surface area contributed by atoms with E-state index in [0.29, 0.717) is 10.8 Å². The summed E-state index contributed by atoms with van der Waals surface area (Å²) >= 11 is 0. The predicted octanol–water partition coefficient (Wildman–Crippen LogP) is 3.02. The summed E-state index contributed by atoms with van der Waals surface area (Å²) in [7, 11) is -1.59. The molecule has 0 aliphatic carbocycles. The number of carbonyl (C=O) groups excluding carboxylic acids is 1. The van der Waals surface area contributed by atoms with Gasteiger partial charge in [0.15, 0.2) is 11.0 Å². The first-order valence-corrected chi connectivity index (χ1v) is 11.8. The molecular weight excluding hydrogens is 414 g/mol. The van der Waals surface area contributed by atoms with E-state index in [4.69, 9.17) is 15.5 Å². The van der Waals surface area contributed by atoms with Crippen molar-refractivity contribution in [3.8, 4) is 0 Å². The van der Waals surface area contributed by atoms with Gasteiger partial charge in [0.25, 0.3) is 5.91 Å². The lowest BCUT2D eigenvalue weighted by atomic mass is 9.89. The third-order valence-corrected chi connectivity index (χ3v) is 7.40. The zero-order valence-corrected chi connectivity index (χ0v) is 19.0. The number of ether oxygens (including phenoxy) is 1. The molecule has 1 aromatic carbocycles. The van der Waals surface area contributed by atoms with Crippen molar-refractivity contribution in [2.45, 2.75) is 56.9 Å². The van der Waals surface area contributed by atoms with E-state index < -0.39 is 16.9 Å². The van der Waals surface area contributed by atoms with Crippen LogP contribution in [-0.2, 0) is 27.7 Å². The number of carbonyl (C=O) groups is 1. The molecular formula is C22H29N5O3S. The number of hydrogen-bond donors (Lipinski definition) is 1. The average Bonchev–Trinajstić information content (AvgIpc) is 3.40. The lowest BCUT2D eigenvalue weighted by Gasteiger charge is -2.28. The lowest BCUT2D eigenvalue weighted by Crippen LogP contribution is -2.26. The highest BCUT2D eigenvalue weighted by Crippen LogP contribution is 2.32. The van der Waals surface area contributed by atoms with Gasteiger partial charge in [0, 0.05) is 25.2 Å². The fourth-order valence-electron chi connectivity index (χ4n) is 3.90. The van der Waals surface area contributed by atoms with Crippen molar-refractivity contribution in [1.82, 2.24) is 18.7 Å². The number of imidazole rings is 1. The summed E-state index contributed by atoms with van der Waals surface area (Å²) in [6, 6.07) is 5.68. The topological polar surface area (TPSA) is 105 Å². The van der Waals surface area contributed by atoms with Crippen LogP contribution < -0.4 is 5.73 Å². The summed E-state index contributed by atoms with van der Waals surface area (Å²) in [5.74, 6) is 1.01. The summed E-state index contributed by atoms with van der Waals surface area (Å²) in [5.41, 5.74) is 7.28. The van der Waals surface area contributed by atoms with Crippen molar-refractivity contribution in [2.75, 3.05) is 13.2 Å². The van der Waals surface area contributed by atoms with Gasteiger partial charge in [0.1, 0.15) is 5.82 Å². The maximum absolute atomic E-state index is 13.0. The molecule has 3 aromatic rings. The van der Waals surface area contributed by atoms with Gasteiger partial charge in [-0.05, 0) is 43.4 Å². The molecule has 2 N–H and O–H groups in total. The van der Waals surface area contributed by atoms with E-state index in [1.54, 1.807) is 0 Å². The molecule has 1 atom stereocenters. The molecule has 3 heterocycles. The Bertz CT molecular complexity index is 1130. The molecule has 1 aliphatic rings. The Labute approximate surface area is 184 Å². The maximum Gasteiger partial charge on any atom is 0.251 e. The van der Waals surface area contributed by atoms with Gasteiger partial charge in [-0.3, -0.25) is 4.79 Å². The molecule has 4 rings (SSSR count). The van der Waals surface area contributed by atoms with Crippen molar-refractivity contribution in [3.63, 3.8) is 0 Å². The number of amides is 1. The number of fused-ring (bicyclic) bond motifs is 1. The van der Waals surface area contributed by atoms with Crippen molar-refractivity contribution in [3.05, 3.63) is 42.0 Å².